The third-order valence-corrected chi connectivity index (χ3v) is 10.8. The zero-order chi connectivity index (χ0) is 45.9. The molecule has 1 N–H and O–H groups in total. The van der Waals surface area contributed by atoms with E-state index in [1.165, 1.54) is 12.0 Å². The molecule has 5 aliphatic heterocycles. The number of ether oxygens (including phenoxy) is 5. The van der Waals surface area contributed by atoms with Gasteiger partial charge in [-0.1, -0.05) is 78.2 Å². The van der Waals surface area contributed by atoms with E-state index in [1.807, 2.05) is 122 Å². The van der Waals surface area contributed by atoms with Gasteiger partial charge in [0.1, 0.15) is 11.2 Å². The zero-order valence-electron chi connectivity index (χ0n) is 39.2. The van der Waals surface area contributed by atoms with Crippen molar-refractivity contribution in [1.82, 2.24) is 15.1 Å². The molecule has 0 saturated carbocycles. The molecule has 3 aromatic rings. The van der Waals surface area contributed by atoms with Crippen molar-refractivity contribution in [1.29, 1.82) is 0 Å². The van der Waals surface area contributed by atoms with E-state index in [1.54, 1.807) is 17.0 Å². The quantitative estimate of drug-likeness (QED) is 0.0839. The number of benzene rings is 3. The van der Waals surface area contributed by atoms with Crippen molar-refractivity contribution in [2.75, 3.05) is 46.4 Å². The smallest absolute Gasteiger partial charge is 1.00 e. The zero-order valence-corrected chi connectivity index (χ0v) is 43.4. The van der Waals surface area contributed by atoms with Crippen molar-refractivity contribution in [2.24, 2.45) is 0 Å². The van der Waals surface area contributed by atoms with E-state index < -0.39 is 22.9 Å². The number of esters is 3. The van der Waals surface area contributed by atoms with E-state index in [0.717, 1.165) is 39.8 Å². The van der Waals surface area contributed by atoms with Crippen molar-refractivity contribution in [3.8, 4) is 0 Å². The first-order valence-corrected chi connectivity index (χ1v) is 21.7. The van der Waals surface area contributed by atoms with E-state index in [4.69, 9.17) is 18.9 Å². The SMILES string of the molecule is C.C.C.C.CC(C)(C)OC(=O)N1CCC(=O)C1.CC(C)(C)OC(=O)N1CCC2(C1)OC(=O)c1ccccc12.COC(=O)c1ccccc1I.C[CH-]C.O=C1OC2(CCNC2)c2ccccc21.[Br-].[H+].[Mg+2]. The van der Waals surface area contributed by atoms with E-state index in [-0.39, 0.29) is 113 Å². The number of nitrogens with one attached hydrogen (secondary N) is 1. The number of Topliss-reactive ketones (excluding diaryl/α,β-unsaturated/α-hetero) is 1. The molecule has 2 atom stereocenters. The van der Waals surface area contributed by atoms with Gasteiger partial charge in [-0.3, -0.25) is 4.79 Å². The maximum atomic E-state index is 12.2. The Morgan fingerprint density at radius 1 is 0.721 bits per heavy atom. The number of fused-ring (bicyclic) bond motifs is 4. The Balaban J connectivity index is -0.000000397. The number of hydrogen-bond acceptors (Lipinski definition) is 12. The van der Waals surface area contributed by atoms with Gasteiger partial charge in [0.25, 0.3) is 0 Å². The van der Waals surface area contributed by atoms with Gasteiger partial charge in [-0.05, 0) is 94.9 Å². The molecule has 3 aromatic carbocycles. The first kappa shape index (κ1) is 68.5. The maximum Gasteiger partial charge on any atom is 2.00 e. The molecule has 14 nitrogen and oxygen atoms in total. The Kier molecular flexibility index (Phi) is 30.3. The summed E-state index contributed by atoms with van der Waals surface area (Å²) in [6, 6.07) is 22.4. The first-order valence-electron chi connectivity index (χ1n) is 20.6. The van der Waals surface area contributed by atoms with Crippen LogP contribution in [0.3, 0.4) is 0 Å². The Hall–Kier alpha value is -3.78. The Morgan fingerprint density at radius 3 is 1.62 bits per heavy atom. The van der Waals surface area contributed by atoms with Gasteiger partial charge < -0.3 is 62.2 Å². The summed E-state index contributed by atoms with van der Waals surface area (Å²) in [5.74, 6) is -0.665. The molecule has 68 heavy (non-hydrogen) atoms. The molecule has 0 aromatic heterocycles. The van der Waals surface area contributed by atoms with Gasteiger partial charge in [0, 0.05) is 53.6 Å². The van der Waals surface area contributed by atoms with Gasteiger partial charge in [0.2, 0.25) is 0 Å². The van der Waals surface area contributed by atoms with Crippen molar-refractivity contribution in [2.45, 2.75) is 127 Å². The normalized spacial score (nSPS) is 18.6. The Bertz CT molecular complexity index is 2110. The summed E-state index contributed by atoms with van der Waals surface area (Å²) >= 11 is 2.10. The maximum absolute atomic E-state index is 12.2. The van der Waals surface area contributed by atoms with Gasteiger partial charge >= 0.3 is 54.6 Å². The molecule has 3 fully saturated rings. The topological polar surface area (TPSA) is 167 Å². The minimum atomic E-state index is -0.704. The number of halogens is 2. The van der Waals surface area contributed by atoms with E-state index in [9.17, 15) is 28.8 Å². The van der Waals surface area contributed by atoms with Crippen LogP contribution in [0, 0.1) is 9.99 Å². The predicted molar refractivity (Wildman–Crippen MR) is 274 cm³/mol. The molecule has 3 saturated heterocycles. The molecule has 0 radical (unpaired) electrons. The summed E-state index contributed by atoms with van der Waals surface area (Å²) in [7, 11) is 1.38. The molecule has 2 unspecified atom stereocenters. The number of ketones is 1. The van der Waals surface area contributed by atoms with Crippen molar-refractivity contribution < 1.29 is 70.9 Å². The van der Waals surface area contributed by atoms with Crippen LogP contribution in [0.1, 0.15) is 148 Å². The summed E-state index contributed by atoms with van der Waals surface area (Å²) in [6.07, 6.45) is 3.20. The molecule has 376 valence electrons. The van der Waals surface area contributed by atoms with Crippen LogP contribution in [-0.4, -0.2) is 126 Å². The van der Waals surface area contributed by atoms with E-state index in [0.29, 0.717) is 43.6 Å². The molecule has 8 rings (SSSR count). The molecular weight excluding hydrogens is 1060 g/mol. The fourth-order valence-electron chi connectivity index (χ4n) is 7.09. The Labute approximate surface area is 448 Å². The number of carbonyl (C=O) groups is 6. The average Bonchev–Trinajstić information content (AvgIpc) is 4.06. The number of likely N-dealkylation sites (tertiary alicyclic amines) is 2. The van der Waals surface area contributed by atoms with Crippen molar-refractivity contribution in [3.63, 3.8) is 0 Å². The van der Waals surface area contributed by atoms with Crippen LogP contribution in [0.4, 0.5) is 9.59 Å². The summed E-state index contributed by atoms with van der Waals surface area (Å²) < 4.78 is 27.1. The molecule has 2 amide bonds. The van der Waals surface area contributed by atoms with Crippen LogP contribution in [0.15, 0.2) is 72.8 Å². The summed E-state index contributed by atoms with van der Waals surface area (Å²) in [4.78, 5) is 72.0. The van der Waals surface area contributed by atoms with E-state index in [2.05, 4.69) is 32.6 Å². The second-order valence-corrected chi connectivity index (χ2v) is 18.3. The third-order valence-electron chi connectivity index (χ3n) is 9.81. The van der Waals surface area contributed by atoms with Crippen molar-refractivity contribution >= 4 is 81.5 Å². The van der Waals surface area contributed by atoms with Crippen LogP contribution < -0.4 is 22.3 Å². The predicted octanol–water partition coefficient (Wildman–Crippen LogP) is 7.52. The molecule has 2 spiro atoms. The number of carbonyl (C=O) groups excluding carboxylic acids is 6. The van der Waals surface area contributed by atoms with Crippen LogP contribution in [0.2, 0.25) is 0 Å². The second-order valence-electron chi connectivity index (χ2n) is 17.2. The largest absolute Gasteiger partial charge is 2.00 e. The first-order chi connectivity index (χ1) is 29.2. The fraction of sp³-hybridized carbons (Fsp3) is 0.510. The van der Waals surface area contributed by atoms with Gasteiger partial charge in [0.15, 0.2) is 17.0 Å². The minimum absolute atomic E-state index is 0. The second kappa shape index (κ2) is 30.1. The van der Waals surface area contributed by atoms with Crippen LogP contribution >= 0.6 is 22.6 Å². The number of nitrogens with zero attached hydrogens (tertiary/aromatic N) is 2. The summed E-state index contributed by atoms with van der Waals surface area (Å²) in [5.41, 5.74) is 1.80. The monoisotopic (exact) mass is 1140 g/mol. The number of hydrogen-bond donors (Lipinski definition) is 1. The molecular formula is C51H76BrIMgN3O11+. The van der Waals surface area contributed by atoms with Crippen LogP contribution in [0.25, 0.3) is 0 Å². The molecule has 0 aliphatic carbocycles. The summed E-state index contributed by atoms with van der Waals surface area (Å²) in [5, 5.41) is 3.24. The van der Waals surface area contributed by atoms with Crippen molar-refractivity contribution in [3.05, 3.63) is 111 Å². The molecule has 0 bridgehead atoms. The van der Waals surface area contributed by atoms with Gasteiger partial charge in [0.05, 0.1) is 36.9 Å². The standard InChI is InChI=1S/C16H19NO4.C11H11NO2.C9H15NO3.C8H7IO2.C3H7.4CH4.BrH.Mg/c1-15(2,3)21-14(19)17-9-8-16(10-17)12-7-5-4-6-11(12)13(18)20-16;13-10-8-3-1-2-4-9(8)11(14-10)5-6-12-7-11;1-9(2,3)13-8(12)10-5-4-7(11)6-10;1-11-8(10)6-4-2-3-5-7(6)9;1-3-2;;;;;;/h4-7H,8-10H2,1-3H3;1-4,12H,5-7H2;4-6H2,1-3H3;2-5H,1H3;3H,1-2H3;4*1H4;1H;/q;;;;-1;;;;;;+2. The molecule has 5 aliphatic rings. The molecule has 5 heterocycles. The minimum Gasteiger partial charge on any atom is -1.00 e. The van der Waals surface area contributed by atoms with Crippen LogP contribution in [0.5, 0.6) is 0 Å². The molecule has 17 heteroatoms. The van der Waals surface area contributed by atoms with Gasteiger partial charge in [-0.2, -0.15) is 13.8 Å². The van der Waals surface area contributed by atoms with Gasteiger partial charge in [-0.25, -0.2) is 24.0 Å². The number of methoxy groups -OCH3 is 1. The Morgan fingerprint density at radius 2 is 1.18 bits per heavy atom. The number of amides is 2. The number of rotatable bonds is 1. The van der Waals surface area contributed by atoms with E-state index >= 15 is 0 Å². The average molecular weight is 1140 g/mol. The fourth-order valence-corrected chi connectivity index (χ4v) is 7.70. The summed E-state index contributed by atoms with van der Waals surface area (Å²) in [6.45, 7) is 18.2. The van der Waals surface area contributed by atoms with Gasteiger partial charge in [-0.15, -0.1) is 0 Å². The third kappa shape index (κ3) is 18.5. The van der Waals surface area contributed by atoms with Crippen LogP contribution in [-0.2, 0) is 39.7 Å².